The van der Waals surface area contributed by atoms with Gasteiger partial charge in [0.05, 0.1) is 12.6 Å². The minimum Gasteiger partial charge on any atom is -0.394 e. The highest BCUT2D eigenvalue weighted by Gasteiger charge is 2.39. The van der Waals surface area contributed by atoms with Crippen LogP contribution in [0.15, 0.2) is 48.3 Å². The highest BCUT2D eigenvalue weighted by molar-refractivity contribution is 6.31. The van der Waals surface area contributed by atoms with Crippen molar-refractivity contribution in [2.75, 3.05) is 6.61 Å². The minimum absolute atomic E-state index is 0.00752. The van der Waals surface area contributed by atoms with E-state index in [2.05, 4.69) is 10.3 Å². The van der Waals surface area contributed by atoms with Crippen LogP contribution in [0.25, 0.3) is 17.0 Å². The molecule has 1 saturated heterocycles. The van der Waals surface area contributed by atoms with Crippen LogP contribution in [0.4, 0.5) is 13.6 Å². The molecular weight excluding hydrogens is 404 g/mol. The first kappa shape index (κ1) is 19.1. The molecule has 4 rings (SSSR count). The molecule has 1 aliphatic heterocycles. The Morgan fingerprint density at radius 1 is 1.14 bits per heavy atom. The maximum Gasteiger partial charge on any atom is 0.329 e. The molecule has 1 atom stereocenters. The lowest BCUT2D eigenvalue weighted by molar-refractivity contribution is -0.125. The van der Waals surface area contributed by atoms with Crippen LogP contribution in [0, 0.1) is 11.6 Å². The fraction of sp³-hybridized carbons (Fsp3) is 0.100. The van der Waals surface area contributed by atoms with Gasteiger partial charge in [-0.1, -0.05) is 23.7 Å². The first-order valence-corrected chi connectivity index (χ1v) is 8.95. The number of aliphatic hydroxyl groups excluding tert-OH is 1. The molecule has 0 radical (unpaired) electrons. The van der Waals surface area contributed by atoms with Crippen LogP contribution in [0.3, 0.4) is 0 Å². The monoisotopic (exact) mass is 417 g/mol. The molecule has 29 heavy (non-hydrogen) atoms. The van der Waals surface area contributed by atoms with Gasteiger partial charge < -0.3 is 15.4 Å². The molecule has 3 amide bonds. The molecule has 2 heterocycles. The number of aliphatic hydroxyl groups is 1. The predicted octanol–water partition coefficient (Wildman–Crippen LogP) is 3.73. The van der Waals surface area contributed by atoms with Crippen LogP contribution in [-0.4, -0.2) is 33.5 Å². The van der Waals surface area contributed by atoms with Gasteiger partial charge in [-0.2, -0.15) is 0 Å². The van der Waals surface area contributed by atoms with Gasteiger partial charge >= 0.3 is 6.03 Å². The van der Waals surface area contributed by atoms with Crippen molar-refractivity contribution in [2.45, 2.75) is 6.04 Å². The van der Waals surface area contributed by atoms with Gasteiger partial charge in [0, 0.05) is 27.7 Å². The molecule has 9 heteroatoms. The van der Waals surface area contributed by atoms with Crippen molar-refractivity contribution in [2.24, 2.45) is 0 Å². The Labute approximate surface area is 168 Å². The van der Waals surface area contributed by atoms with E-state index in [1.54, 1.807) is 24.4 Å². The first-order chi connectivity index (χ1) is 13.9. The van der Waals surface area contributed by atoms with Gasteiger partial charge in [-0.3, -0.25) is 4.79 Å². The molecule has 148 valence electrons. The molecule has 2 aromatic carbocycles. The lowest BCUT2D eigenvalue weighted by atomic mass is 10.1. The average Bonchev–Trinajstić information content (AvgIpc) is 3.20. The second-order valence-electron chi connectivity index (χ2n) is 6.47. The number of carbonyl (C=O) groups is 2. The maximum absolute atomic E-state index is 13.6. The van der Waals surface area contributed by atoms with E-state index >= 15 is 0 Å². The lowest BCUT2D eigenvalue weighted by Crippen LogP contribution is -2.36. The zero-order valence-corrected chi connectivity index (χ0v) is 15.5. The zero-order valence-electron chi connectivity index (χ0n) is 14.7. The number of nitrogens with one attached hydrogen (secondary N) is 2. The van der Waals surface area contributed by atoms with Crippen molar-refractivity contribution in [3.63, 3.8) is 0 Å². The number of urea groups is 1. The fourth-order valence-corrected chi connectivity index (χ4v) is 3.46. The summed E-state index contributed by atoms with van der Waals surface area (Å²) in [6.07, 6.45) is 3.15. The number of rotatable bonds is 4. The third kappa shape index (κ3) is 3.37. The van der Waals surface area contributed by atoms with Crippen LogP contribution in [0.2, 0.25) is 5.02 Å². The van der Waals surface area contributed by atoms with Gasteiger partial charge in [0.15, 0.2) is 11.6 Å². The van der Waals surface area contributed by atoms with Crippen molar-refractivity contribution in [1.82, 2.24) is 15.2 Å². The van der Waals surface area contributed by atoms with Crippen molar-refractivity contribution >= 4 is 40.5 Å². The summed E-state index contributed by atoms with van der Waals surface area (Å²) >= 11 is 5.96. The second kappa shape index (κ2) is 7.31. The van der Waals surface area contributed by atoms with Gasteiger partial charge in [0.1, 0.15) is 5.70 Å². The van der Waals surface area contributed by atoms with Gasteiger partial charge in [-0.05, 0) is 35.9 Å². The second-order valence-corrected chi connectivity index (χ2v) is 6.91. The van der Waals surface area contributed by atoms with E-state index < -0.39 is 36.2 Å². The number of aromatic nitrogens is 1. The Morgan fingerprint density at radius 2 is 1.93 bits per heavy atom. The van der Waals surface area contributed by atoms with Crippen molar-refractivity contribution in [3.8, 4) is 0 Å². The van der Waals surface area contributed by atoms with E-state index in [0.717, 1.165) is 27.9 Å². The van der Waals surface area contributed by atoms with Crippen LogP contribution in [0.5, 0.6) is 0 Å². The number of halogens is 3. The van der Waals surface area contributed by atoms with Gasteiger partial charge in [-0.15, -0.1) is 0 Å². The first-order valence-electron chi connectivity index (χ1n) is 8.57. The molecule has 6 nitrogen and oxygen atoms in total. The number of hydrogen-bond acceptors (Lipinski definition) is 3. The summed E-state index contributed by atoms with van der Waals surface area (Å²) in [6.45, 7) is -0.650. The molecule has 1 aliphatic rings. The molecule has 0 aliphatic carbocycles. The molecule has 3 N–H and O–H groups in total. The highest BCUT2D eigenvalue weighted by Crippen LogP contribution is 2.29. The number of aromatic amines is 1. The smallest absolute Gasteiger partial charge is 0.329 e. The number of fused-ring (bicyclic) bond motifs is 1. The maximum atomic E-state index is 13.6. The summed E-state index contributed by atoms with van der Waals surface area (Å²) in [5.41, 5.74) is 1.49. The highest BCUT2D eigenvalue weighted by atomic mass is 35.5. The van der Waals surface area contributed by atoms with E-state index in [-0.39, 0.29) is 11.3 Å². The SMILES string of the molecule is O=C1NC(=Cc2c[nH]c3cc(Cl)ccc23)C(=O)N1C(CO)c1ccc(F)c(F)c1. The van der Waals surface area contributed by atoms with E-state index in [1.807, 2.05) is 0 Å². The largest absolute Gasteiger partial charge is 0.394 e. The molecule has 0 saturated carbocycles. The summed E-state index contributed by atoms with van der Waals surface area (Å²) in [5, 5.41) is 13.5. The summed E-state index contributed by atoms with van der Waals surface area (Å²) in [5.74, 6) is -2.90. The van der Waals surface area contributed by atoms with E-state index in [0.29, 0.717) is 10.6 Å². The quantitative estimate of drug-likeness (QED) is 0.446. The number of carbonyl (C=O) groups excluding carboxylic acids is 2. The Morgan fingerprint density at radius 3 is 2.66 bits per heavy atom. The predicted molar refractivity (Wildman–Crippen MR) is 103 cm³/mol. The van der Waals surface area contributed by atoms with E-state index in [9.17, 15) is 23.5 Å². The number of benzene rings is 2. The van der Waals surface area contributed by atoms with Gasteiger partial charge in [0.25, 0.3) is 5.91 Å². The fourth-order valence-electron chi connectivity index (χ4n) is 3.28. The molecule has 1 unspecified atom stereocenters. The Balaban J connectivity index is 1.68. The summed E-state index contributed by atoms with van der Waals surface area (Å²) < 4.78 is 26.8. The number of nitrogens with zero attached hydrogens (tertiary/aromatic N) is 1. The van der Waals surface area contributed by atoms with Crippen molar-refractivity contribution in [3.05, 3.63) is 76.1 Å². The Bertz CT molecular complexity index is 1170. The summed E-state index contributed by atoms with van der Waals surface area (Å²) in [4.78, 5) is 29.0. The number of imide groups is 1. The number of amides is 3. The molecule has 3 aromatic rings. The van der Waals surface area contributed by atoms with Gasteiger partial charge in [-0.25, -0.2) is 18.5 Å². The van der Waals surface area contributed by atoms with E-state index in [4.69, 9.17) is 11.6 Å². The minimum atomic E-state index is -1.16. The Hall–Kier alpha value is -3.23. The van der Waals surface area contributed by atoms with E-state index in [1.165, 1.54) is 12.1 Å². The number of hydrogen-bond donors (Lipinski definition) is 3. The van der Waals surface area contributed by atoms with Crippen molar-refractivity contribution in [1.29, 1.82) is 0 Å². The number of H-pyrrole nitrogens is 1. The normalized spacial score (nSPS) is 16.7. The molecule has 0 bridgehead atoms. The zero-order chi connectivity index (χ0) is 20.7. The molecule has 0 spiro atoms. The summed E-state index contributed by atoms with van der Waals surface area (Å²) in [7, 11) is 0. The average molecular weight is 418 g/mol. The standard InChI is InChI=1S/C20H14ClF2N3O3/c21-12-2-3-13-11(8-24-16(13)7-12)6-17-19(28)26(20(29)25-17)18(9-27)10-1-4-14(22)15(23)5-10/h1-8,18,24,27H,9H2,(H,25,29). The van der Waals surface area contributed by atoms with Crippen LogP contribution in [-0.2, 0) is 4.79 Å². The molecular formula is C20H14ClF2N3O3. The van der Waals surface area contributed by atoms with Crippen molar-refractivity contribution < 1.29 is 23.5 Å². The summed E-state index contributed by atoms with van der Waals surface area (Å²) in [6, 6.07) is 6.21. The van der Waals surface area contributed by atoms with Crippen LogP contribution in [0.1, 0.15) is 17.2 Å². The van der Waals surface area contributed by atoms with Gasteiger partial charge in [0.2, 0.25) is 0 Å². The Kier molecular flexibility index (Phi) is 4.81. The lowest BCUT2D eigenvalue weighted by Gasteiger charge is -2.23. The molecule has 1 aromatic heterocycles. The third-order valence-corrected chi connectivity index (χ3v) is 4.93. The molecule has 1 fully saturated rings. The van der Waals surface area contributed by atoms with Crippen LogP contribution < -0.4 is 5.32 Å². The van der Waals surface area contributed by atoms with Crippen LogP contribution >= 0.6 is 11.6 Å². The third-order valence-electron chi connectivity index (χ3n) is 4.70. The topological polar surface area (TPSA) is 85.4 Å².